The van der Waals surface area contributed by atoms with E-state index in [0.717, 1.165) is 27.8 Å². The number of anilines is 1. The summed E-state index contributed by atoms with van der Waals surface area (Å²) in [5, 5.41) is 11.7. The van der Waals surface area contributed by atoms with Crippen molar-refractivity contribution in [1.82, 2.24) is 9.97 Å². The summed E-state index contributed by atoms with van der Waals surface area (Å²) in [5.41, 5.74) is 1.79. The van der Waals surface area contributed by atoms with Crippen LogP contribution in [0.4, 0.5) is 10.2 Å². The van der Waals surface area contributed by atoms with Gasteiger partial charge in [0.15, 0.2) is 0 Å². The zero-order valence-corrected chi connectivity index (χ0v) is 12.7. The van der Waals surface area contributed by atoms with Gasteiger partial charge in [0.2, 0.25) is 0 Å². The molecule has 23 heavy (non-hydrogen) atoms. The normalized spacial score (nSPS) is 16.4. The number of aromatic nitrogens is 2. The van der Waals surface area contributed by atoms with Gasteiger partial charge in [-0.2, -0.15) is 0 Å². The van der Waals surface area contributed by atoms with Crippen LogP contribution < -0.4 is 4.90 Å². The van der Waals surface area contributed by atoms with Gasteiger partial charge >= 0.3 is 0 Å². The summed E-state index contributed by atoms with van der Waals surface area (Å²) in [6.07, 6.45) is 1.54. The summed E-state index contributed by atoms with van der Waals surface area (Å²) in [7, 11) is 0. The smallest absolute Gasteiger partial charge is 0.140 e. The van der Waals surface area contributed by atoms with E-state index in [9.17, 15) is 9.50 Å². The van der Waals surface area contributed by atoms with Gasteiger partial charge in [-0.05, 0) is 36.8 Å². The fraction of sp³-hybridized carbons (Fsp3) is 0.222. The Bertz CT molecular complexity index is 873. The Hall–Kier alpha value is -2.53. The number of fused-ring (bicyclic) bond motifs is 1. The lowest BCUT2D eigenvalue weighted by molar-refractivity contribution is 0.00718. The summed E-state index contributed by atoms with van der Waals surface area (Å²) >= 11 is 0. The van der Waals surface area contributed by atoms with E-state index in [1.54, 1.807) is 18.5 Å². The summed E-state index contributed by atoms with van der Waals surface area (Å²) < 4.78 is 13.0. The van der Waals surface area contributed by atoms with E-state index in [1.807, 2.05) is 24.0 Å². The first-order valence-electron chi connectivity index (χ1n) is 7.50. The molecule has 1 N–H and O–H groups in total. The van der Waals surface area contributed by atoms with E-state index >= 15 is 0 Å². The van der Waals surface area contributed by atoms with Crippen LogP contribution >= 0.6 is 0 Å². The maximum Gasteiger partial charge on any atom is 0.140 e. The maximum atomic E-state index is 13.0. The molecule has 2 aromatic carbocycles. The lowest BCUT2D eigenvalue weighted by Crippen LogP contribution is -2.60. The lowest BCUT2D eigenvalue weighted by atomic mass is 9.86. The summed E-state index contributed by atoms with van der Waals surface area (Å²) in [6.45, 7) is 2.89. The van der Waals surface area contributed by atoms with Crippen molar-refractivity contribution in [1.29, 1.82) is 0 Å². The second-order valence-corrected chi connectivity index (χ2v) is 6.11. The van der Waals surface area contributed by atoms with E-state index in [2.05, 4.69) is 16.0 Å². The number of aryl methyl sites for hydroxylation is 1. The van der Waals surface area contributed by atoms with Crippen LogP contribution in [-0.2, 0) is 5.60 Å². The first-order chi connectivity index (χ1) is 11.0. The molecule has 4 rings (SSSR count). The summed E-state index contributed by atoms with van der Waals surface area (Å²) in [6, 6.07) is 12.1. The topological polar surface area (TPSA) is 49.2 Å². The molecule has 1 aromatic heterocycles. The minimum Gasteiger partial charge on any atom is -0.381 e. The molecule has 5 heteroatoms. The van der Waals surface area contributed by atoms with Gasteiger partial charge in [0.1, 0.15) is 23.6 Å². The highest BCUT2D eigenvalue weighted by Crippen LogP contribution is 2.37. The molecule has 4 nitrogen and oxygen atoms in total. The second-order valence-electron chi connectivity index (χ2n) is 6.11. The van der Waals surface area contributed by atoms with E-state index < -0.39 is 5.60 Å². The van der Waals surface area contributed by atoms with Gasteiger partial charge < -0.3 is 10.0 Å². The van der Waals surface area contributed by atoms with E-state index in [4.69, 9.17) is 0 Å². The molecular formula is C18H16FN3O. The molecule has 0 amide bonds. The van der Waals surface area contributed by atoms with Crippen molar-refractivity contribution in [2.24, 2.45) is 0 Å². The highest BCUT2D eigenvalue weighted by molar-refractivity contribution is 5.90. The molecule has 1 aliphatic heterocycles. The molecular weight excluding hydrogens is 293 g/mol. The quantitative estimate of drug-likeness (QED) is 0.791. The minimum absolute atomic E-state index is 0.300. The number of benzene rings is 2. The zero-order chi connectivity index (χ0) is 16.0. The van der Waals surface area contributed by atoms with Crippen LogP contribution in [0.1, 0.15) is 11.1 Å². The average molecular weight is 309 g/mol. The number of halogens is 1. The van der Waals surface area contributed by atoms with Crippen molar-refractivity contribution in [3.05, 3.63) is 65.7 Å². The van der Waals surface area contributed by atoms with Gasteiger partial charge in [0, 0.05) is 5.39 Å². The van der Waals surface area contributed by atoms with Crippen molar-refractivity contribution in [3.63, 3.8) is 0 Å². The predicted octanol–water partition coefficient (Wildman–Crippen LogP) is 2.79. The van der Waals surface area contributed by atoms with Gasteiger partial charge in [0.25, 0.3) is 0 Å². The van der Waals surface area contributed by atoms with Crippen LogP contribution in [0, 0.1) is 12.7 Å². The van der Waals surface area contributed by atoms with Crippen molar-refractivity contribution in [2.75, 3.05) is 18.0 Å². The van der Waals surface area contributed by atoms with Gasteiger partial charge in [-0.25, -0.2) is 14.4 Å². The third-order valence-electron chi connectivity index (χ3n) is 4.36. The molecule has 2 heterocycles. The second kappa shape index (κ2) is 4.99. The Morgan fingerprint density at radius 3 is 2.57 bits per heavy atom. The number of β-amino-alcohol motifs (C(OH)–C–C–N with tert-alkyl or cyclic N) is 1. The van der Waals surface area contributed by atoms with Crippen molar-refractivity contribution in [2.45, 2.75) is 12.5 Å². The lowest BCUT2D eigenvalue weighted by Gasteiger charge is -2.47. The number of hydrogen-bond donors (Lipinski definition) is 1. The van der Waals surface area contributed by atoms with Crippen LogP contribution in [0.25, 0.3) is 10.9 Å². The summed E-state index contributed by atoms with van der Waals surface area (Å²) in [5.74, 6) is 0.524. The predicted molar refractivity (Wildman–Crippen MR) is 86.8 cm³/mol. The van der Waals surface area contributed by atoms with E-state index in [0.29, 0.717) is 13.1 Å². The number of rotatable bonds is 2. The minimum atomic E-state index is -0.963. The van der Waals surface area contributed by atoms with Crippen LogP contribution in [-0.4, -0.2) is 28.2 Å². The Morgan fingerprint density at radius 2 is 1.83 bits per heavy atom. The molecule has 0 spiro atoms. The van der Waals surface area contributed by atoms with Crippen LogP contribution in [0.3, 0.4) is 0 Å². The average Bonchev–Trinajstić information content (AvgIpc) is 2.52. The first-order valence-corrected chi connectivity index (χ1v) is 7.50. The highest BCUT2D eigenvalue weighted by Gasteiger charge is 2.43. The maximum absolute atomic E-state index is 13.0. The van der Waals surface area contributed by atoms with Gasteiger partial charge in [-0.1, -0.05) is 23.8 Å². The molecule has 0 saturated carbocycles. The number of hydrogen-bond acceptors (Lipinski definition) is 4. The third kappa shape index (κ3) is 2.33. The Labute approximate surface area is 133 Å². The summed E-state index contributed by atoms with van der Waals surface area (Å²) in [4.78, 5) is 10.7. The SMILES string of the molecule is Cc1ccc2ncnc(N3CC(O)(c4ccc(F)cc4)C3)c2c1. The third-order valence-corrected chi connectivity index (χ3v) is 4.36. The molecule has 0 aliphatic carbocycles. The Balaban J connectivity index is 1.65. The van der Waals surface area contributed by atoms with Gasteiger partial charge in [-0.15, -0.1) is 0 Å². The van der Waals surface area contributed by atoms with E-state index in [-0.39, 0.29) is 5.82 Å². The first kappa shape index (κ1) is 14.1. The Morgan fingerprint density at radius 1 is 1.09 bits per heavy atom. The fourth-order valence-corrected chi connectivity index (χ4v) is 3.09. The monoisotopic (exact) mass is 309 g/mol. The van der Waals surface area contributed by atoms with Crippen molar-refractivity contribution in [3.8, 4) is 0 Å². The molecule has 0 atom stereocenters. The molecule has 0 bridgehead atoms. The van der Waals surface area contributed by atoms with Gasteiger partial charge in [-0.3, -0.25) is 0 Å². The van der Waals surface area contributed by atoms with Crippen LogP contribution in [0.2, 0.25) is 0 Å². The molecule has 0 radical (unpaired) electrons. The highest BCUT2D eigenvalue weighted by atomic mass is 19.1. The number of nitrogens with zero attached hydrogens (tertiary/aromatic N) is 3. The standard InChI is InChI=1S/C18H16FN3O/c1-12-2-7-16-15(8-12)17(21-11-20-16)22-9-18(23,10-22)13-3-5-14(19)6-4-13/h2-8,11,23H,9-10H2,1H3. The molecule has 0 unspecified atom stereocenters. The van der Waals surface area contributed by atoms with Crippen LogP contribution in [0.5, 0.6) is 0 Å². The van der Waals surface area contributed by atoms with E-state index in [1.165, 1.54) is 12.1 Å². The molecule has 3 aromatic rings. The van der Waals surface area contributed by atoms with Crippen molar-refractivity contribution >= 4 is 16.7 Å². The largest absolute Gasteiger partial charge is 0.381 e. The Kier molecular flexibility index (Phi) is 3.06. The molecule has 1 saturated heterocycles. The van der Waals surface area contributed by atoms with Gasteiger partial charge in [0.05, 0.1) is 18.6 Å². The molecule has 1 aliphatic rings. The van der Waals surface area contributed by atoms with Crippen molar-refractivity contribution < 1.29 is 9.50 Å². The molecule has 116 valence electrons. The fourth-order valence-electron chi connectivity index (χ4n) is 3.09. The van der Waals surface area contributed by atoms with Crippen LogP contribution in [0.15, 0.2) is 48.8 Å². The number of aliphatic hydroxyl groups is 1. The zero-order valence-electron chi connectivity index (χ0n) is 12.7. The molecule has 1 fully saturated rings.